The van der Waals surface area contributed by atoms with Crippen molar-refractivity contribution in [1.82, 2.24) is 4.31 Å². The Morgan fingerprint density at radius 2 is 1.94 bits per heavy atom. The average molecular weight is 279 g/mol. The molecule has 0 saturated carbocycles. The van der Waals surface area contributed by atoms with Gasteiger partial charge in [-0.05, 0) is 12.1 Å². The molecule has 8 heteroatoms. The molecule has 0 atom stereocenters. The van der Waals surface area contributed by atoms with Gasteiger partial charge in [-0.25, -0.2) is 26.3 Å². The Labute approximate surface area is 103 Å². The Kier molecular flexibility index (Phi) is 4.02. The van der Waals surface area contributed by atoms with Gasteiger partial charge < -0.3 is 5.11 Å². The molecular formula is C10H11F2NO4S. The first-order valence-electron chi connectivity index (χ1n) is 4.76. The van der Waals surface area contributed by atoms with Crippen LogP contribution in [0.1, 0.15) is 15.9 Å². The predicted molar refractivity (Wildman–Crippen MR) is 59.6 cm³/mol. The van der Waals surface area contributed by atoms with Gasteiger partial charge in [0.15, 0.2) is 11.6 Å². The minimum atomic E-state index is -3.62. The van der Waals surface area contributed by atoms with E-state index in [0.717, 1.165) is 23.7 Å². The molecule has 1 aromatic rings. The summed E-state index contributed by atoms with van der Waals surface area (Å²) in [4.78, 5) is 10.9. The lowest BCUT2D eigenvalue weighted by molar-refractivity contribution is 0.0694. The van der Waals surface area contributed by atoms with Crippen LogP contribution in [-0.2, 0) is 16.6 Å². The van der Waals surface area contributed by atoms with Gasteiger partial charge in [0, 0.05) is 19.2 Å². The van der Waals surface area contributed by atoms with Gasteiger partial charge >= 0.3 is 5.97 Å². The number of sulfonamides is 1. The molecule has 5 nitrogen and oxygen atoms in total. The minimum Gasteiger partial charge on any atom is -0.478 e. The number of carbonyl (C=O) groups is 1. The van der Waals surface area contributed by atoms with E-state index < -0.39 is 45.3 Å². The maximum Gasteiger partial charge on any atom is 0.336 e. The number of rotatable bonds is 4. The Balaban J connectivity index is 3.30. The van der Waals surface area contributed by atoms with Crippen LogP contribution in [0.4, 0.5) is 8.78 Å². The Hall–Kier alpha value is -1.54. The van der Waals surface area contributed by atoms with Crippen LogP contribution in [-0.4, -0.2) is 37.1 Å². The summed E-state index contributed by atoms with van der Waals surface area (Å²) >= 11 is 0. The van der Waals surface area contributed by atoms with E-state index in [-0.39, 0.29) is 0 Å². The normalized spacial score (nSPS) is 11.8. The van der Waals surface area contributed by atoms with E-state index in [9.17, 15) is 22.0 Å². The summed E-state index contributed by atoms with van der Waals surface area (Å²) < 4.78 is 49.6. The van der Waals surface area contributed by atoms with Gasteiger partial charge in [-0.3, -0.25) is 0 Å². The van der Waals surface area contributed by atoms with Crippen LogP contribution >= 0.6 is 0 Å². The van der Waals surface area contributed by atoms with Crippen LogP contribution in [0.25, 0.3) is 0 Å². The topological polar surface area (TPSA) is 74.7 Å². The van der Waals surface area contributed by atoms with E-state index >= 15 is 0 Å². The molecule has 0 radical (unpaired) electrons. The lowest BCUT2D eigenvalue weighted by Gasteiger charge is -2.16. The van der Waals surface area contributed by atoms with Crippen molar-refractivity contribution in [3.05, 3.63) is 34.9 Å². The molecule has 0 heterocycles. The molecule has 0 bridgehead atoms. The first-order valence-corrected chi connectivity index (χ1v) is 6.61. The maximum absolute atomic E-state index is 13.5. The summed E-state index contributed by atoms with van der Waals surface area (Å²) in [5.74, 6) is -4.03. The van der Waals surface area contributed by atoms with Gasteiger partial charge in [0.25, 0.3) is 0 Å². The van der Waals surface area contributed by atoms with Crippen LogP contribution in [0.5, 0.6) is 0 Å². The molecule has 0 spiro atoms. The third kappa shape index (κ3) is 3.02. The van der Waals surface area contributed by atoms with E-state index in [1.165, 1.54) is 0 Å². The SMILES string of the molecule is CN(Cc1c(C(=O)O)ccc(F)c1F)S(C)(=O)=O. The van der Waals surface area contributed by atoms with Crippen LogP contribution in [0.15, 0.2) is 12.1 Å². The van der Waals surface area contributed by atoms with E-state index in [0.29, 0.717) is 6.07 Å². The number of hydrogen-bond donors (Lipinski definition) is 1. The number of benzene rings is 1. The highest BCUT2D eigenvalue weighted by Crippen LogP contribution is 2.19. The fraction of sp³-hybridized carbons (Fsp3) is 0.300. The summed E-state index contributed by atoms with van der Waals surface area (Å²) in [5, 5.41) is 8.84. The molecular weight excluding hydrogens is 268 g/mol. The molecule has 0 fully saturated rings. The number of halogens is 2. The van der Waals surface area contributed by atoms with Gasteiger partial charge in [-0.2, -0.15) is 0 Å². The second-order valence-electron chi connectivity index (χ2n) is 3.71. The molecule has 0 aromatic heterocycles. The van der Waals surface area contributed by atoms with Crippen molar-refractivity contribution in [3.8, 4) is 0 Å². The zero-order valence-corrected chi connectivity index (χ0v) is 10.5. The zero-order valence-electron chi connectivity index (χ0n) is 9.65. The number of carboxylic acids is 1. The molecule has 18 heavy (non-hydrogen) atoms. The highest BCUT2D eigenvalue weighted by Gasteiger charge is 2.22. The third-order valence-corrected chi connectivity index (χ3v) is 3.63. The van der Waals surface area contributed by atoms with E-state index in [1.54, 1.807) is 0 Å². The molecule has 1 rings (SSSR count). The molecule has 0 aliphatic carbocycles. The number of aromatic carboxylic acids is 1. The van der Waals surface area contributed by atoms with Crippen molar-refractivity contribution in [1.29, 1.82) is 0 Å². The van der Waals surface area contributed by atoms with Crippen molar-refractivity contribution < 1.29 is 27.1 Å². The first-order chi connectivity index (χ1) is 8.14. The fourth-order valence-corrected chi connectivity index (χ4v) is 1.65. The Morgan fingerprint density at radius 1 is 1.39 bits per heavy atom. The predicted octanol–water partition coefficient (Wildman–Crippen LogP) is 1.05. The Morgan fingerprint density at radius 3 is 2.39 bits per heavy atom. The lowest BCUT2D eigenvalue weighted by atomic mass is 10.1. The summed E-state index contributed by atoms with van der Waals surface area (Å²) in [6.07, 6.45) is 0.880. The highest BCUT2D eigenvalue weighted by molar-refractivity contribution is 7.88. The molecule has 0 amide bonds. The lowest BCUT2D eigenvalue weighted by Crippen LogP contribution is -2.26. The third-order valence-electron chi connectivity index (χ3n) is 2.37. The number of hydrogen-bond acceptors (Lipinski definition) is 3. The van der Waals surface area contributed by atoms with Crippen LogP contribution in [0.3, 0.4) is 0 Å². The van der Waals surface area contributed by atoms with Gasteiger partial charge in [-0.15, -0.1) is 0 Å². The molecule has 1 aromatic carbocycles. The van der Waals surface area contributed by atoms with Crippen molar-refractivity contribution in [2.24, 2.45) is 0 Å². The molecule has 1 N–H and O–H groups in total. The van der Waals surface area contributed by atoms with Crippen molar-refractivity contribution in [2.45, 2.75) is 6.54 Å². The molecule has 0 unspecified atom stereocenters. The molecule has 0 aliphatic heterocycles. The number of nitrogens with zero attached hydrogens (tertiary/aromatic N) is 1. The summed E-state index contributed by atoms with van der Waals surface area (Å²) in [5.41, 5.74) is -0.972. The van der Waals surface area contributed by atoms with E-state index in [2.05, 4.69) is 0 Å². The maximum atomic E-state index is 13.5. The van der Waals surface area contributed by atoms with Crippen LogP contribution < -0.4 is 0 Å². The highest BCUT2D eigenvalue weighted by atomic mass is 32.2. The van der Waals surface area contributed by atoms with Crippen molar-refractivity contribution >= 4 is 16.0 Å². The van der Waals surface area contributed by atoms with Crippen LogP contribution in [0.2, 0.25) is 0 Å². The van der Waals surface area contributed by atoms with Gasteiger partial charge in [0.2, 0.25) is 10.0 Å². The average Bonchev–Trinajstić information content (AvgIpc) is 2.23. The van der Waals surface area contributed by atoms with Gasteiger partial charge in [0.1, 0.15) is 0 Å². The first kappa shape index (κ1) is 14.5. The Bertz CT molecular complexity index is 586. The number of carboxylic acid groups (broad SMARTS) is 1. The fourth-order valence-electron chi connectivity index (χ4n) is 1.29. The zero-order chi connectivity index (χ0) is 14.1. The largest absolute Gasteiger partial charge is 0.478 e. The van der Waals surface area contributed by atoms with Crippen molar-refractivity contribution in [2.75, 3.05) is 13.3 Å². The summed E-state index contributed by atoms with van der Waals surface area (Å²) in [7, 11) is -2.48. The summed E-state index contributed by atoms with van der Waals surface area (Å²) in [6, 6.07) is 1.58. The van der Waals surface area contributed by atoms with E-state index in [1.807, 2.05) is 0 Å². The smallest absolute Gasteiger partial charge is 0.336 e. The molecule has 0 saturated heterocycles. The standard InChI is InChI=1S/C10H11F2NO4S/c1-13(18(2,16)17)5-7-6(10(14)15)3-4-8(11)9(7)12/h3-4H,5H2,1-2H3,(H,14,15). The van der Waals surface area contributed by atoms with Crippen LogP contribution in [0, 0.1) is 11.6 Å². The quantitative estimate of drug-likeness (QED) is 0.894. The minimum absolute atomic E-state index is 0.468. The second kappa shape index (κ2) is 4.99. The van der Waals surface area contributed by atoms with Gasteiger partial charge in [0.05, 0.1) is 11.8 Å². The second-order valence-corrected chi connectivity index (χ2v) is 5.80. The van der Waals surface area contributed by atoms with Gasteiger partial charge in [-0.1, -0.05) is 0 Å². The van der Waals surface area contributed by atoms with Crippen molar-refractivity contribution in [3.63, 3.8) is 0 Å². The summed E-state index contributed by atoms with van der Waals surface area (Å²) in [6.45, 7) is -0.552. The van der Waals surface area contributed by atoms with E-state index in [4.69, 9.17) is 5.11 Å². The molecule has 100 valence electrons. The molecule has 0 aliphatic rings. The monoisotopic (exact) mass is 279 g/mol.